The molecule has 4 aromatic rings. The van der Waals surface area contributed by atoms with Crippen molar-refractivity contribution < 1.29 is 28.5 Å². The highest BCUT2D eigenvalue weighted by atomic mass is 31.1. The second kappa shape index (κ2) is 12.5. The Morgan fingerprint density at radius 1 is 0.951 bits per heavy atom. The van der Waals surface area contributed by atoms with Gasteiger partial charge in [-0.1, -0.05) is 98.6 Å². The van der Waals surface area contributed by atoms with Crippen LogP contribution in [-0.4, -0.2) is 33.4 Å². The second-order valence-electron chi connectivity index (χ2n) is 9.87. The van der Waals surface area contributed by atoms with Crippen molar-refractivity contribution in [3.63, 3.8) is 0 Å². The van der Waals surface area contributed by atoms with E-state index in [2.05, 4.69) is 11.8 Å². The predicted molar refractivity (Wildman–Crippen MR) is 157 cm³/mol. The van der Waals surface area contributed by atoms with Crippen LogP contribution in [0.15, 0.2) is 97.1 Å². The van der Waals surface area contributed by atoms with Gasteiger partial charge in [0.1, 0.15) is 5.82 Å². The van der Waals surface area contributed by atoms with E-state index in [-0.39, 0.29) is 18.0 Å². The average molecular weight is 571 g/mol. The van der Waals surface area contributed by atoms with Gasteiger partial charge in [0, 0.05) is 23.5 Å². The minimum atomic E-state index is -3.11. The normalized spacial score (nSPS) is 14.3. The Kier molecular flexibility index (Phi) is 9.10. The van der Waals surface area contributed by atoms with E-state index in [1.165, 1.54) is 30.3 Å². The summed E-state index contributed by atoms with van der Waals surface area (Å²) in [6.45, 7) is 3.50. The molecule has 41 heavy (non-hydrogen) atoms. The Hall–Kier alpha value is -4.21. The average Bonchev–Trinajstić information content (AvgIpc) is 2.98. The molecule has 0 aliphatic carbocycles. The zero-order valence-corrected chi connectivity index (χ0v) is 23.8. The van der Waals surface area contributed by atoms with E-state index < -0.39 is 30.6 Å². The van der Waals surface area contributed by atoms with Crippen molar-refractivity contribution in [1.29, 1.82) is 0 Å². The van der Waals surface area contributed by atoms with Gasteiger partial charge in [0.2, 0.25) is 0 Å². The zero-order chi connectivity index (χ0) is 29.6. The predicted octanol–water partition coefficient (Wildman–Crippen LogP) is 6.86. The molecule has 0 aliphatic rings. The summed E-state index contributed by atoms with van der Waals surface area (Å²) in [5.74, 6) is 2.99. The summed E-state index contributed by atoms with van der Waals surface area (Å²) in [4.78, 5) is 18.0. The van der Waals surface area contributed by atoms with E-state index in [0.717, 1.165) is 23.8 Å². The number of hydrogen-bond acceptors (Lipinski definition) is 5. The number of carboxylic acid groups (broad SMARTS) is 1. The highest BCUT2D eigenvalue weighted by Gasteiger charge is 2.73. The van der Waals surface area contributed by atoms with Crippen LogP contribution in [0.3, 0.4) is 0 Å². The van der Waals surface area contributed by atoms with Crippen LogP contribution < -0.4 is 0 Å². The number of hydrogen-bond donors (Lipinski definition) is 2. The fraction of sp³-hybridized carbons (Fsp3) is 0.212. The highest BCUT2D eigenvalue weighted by molar-refractivity contribution is 7.43. The molecule has 8 heteroatoms. The quantitative estimate of drug-likeness (QED) is 0.169. The van der Waals surface area contributed by atoms with Crippen molar-refractivity contribution in [3.8, 4) is 34.2 Å². The van der Waals surface area contributed by atoms with E-state index in [1.54, 1.807) is 19.9 Å². The standard InChI is InChI=1S/C33H29FNO5P/c1-23(2)20-21-33(31(36)37,41(39)40-3)32(38,22-24-14-16-27(34)17-15-24)29-19-18-28(25-10-6-4-7-11-25)30(35-29)26-12-8-5-9-13-26/h4-19,23,38H,22H2,1-3H3/p+1. The van der Waals surface area contributed by atoms with Crippen molar-refractivity contribution in [1.82, 2.24) is 4.98 Å². The van der Waals surface area contributed by atoms with Crippen LogP contribution in [0, 0.1) is 23.6 Å². The Morgan fingerprint density at radius 3 is 2.07 bits per heavy atom. The molecule has 0 amide bonds. The van der Waals surface area contributed by atoms with Crippen LogP contribution in [0.4, 0.5) is 4.39 Å². The number of carbonyl (C=O) groups is 1. The van der Waals surface area contributed by atoms with Gasteiger partial charge in [-0.2, -0.15) is 0 Å². The molecule has 0 aliphatic heterocycles. The Balaban J connectivity index is 2.08. The molecule has 2 N–H and O–H groups in total. The molecular weight excluding hydrogens is 540 g/mol. The second-order valence-corrected chi connectivity index (χ2v) is 11.4. The van der Waals surface area contributed by atoms with Crippen molar-refractivity contribution in [3.05, 3.63) is 114 Å². The summed E-state index contributed by atoms with van der Waals surface area (Å²) in [6, 6.07) is 27.3. The number of benzene rings is 3. The van der Waals surface area contributed by atoms with Crippen LogP contribution in [0.25, 0.3) is 22.4 Å². The fourth-order valence-corrected chi connectivity index (χ4v) is 5.73. The first kappa shape index (κ1) is 29.8. The van der Waals surface area contributed by atoms with E-state index in [0.29, 0.717) is 11.3 Å². The number of nitrogens with zero attached hydrogens (tertiary/aromatic N) is 1. The van der Waals surface area contributed by atoms with Gasteiger partial charge >= 0.3 is 19.2 Å². The Morgan fingerprint density at radius 2 is 1.54 bits per heavy atom. The third kappa shape index (κ3) is 5.96. The van der Waals surface area contributed by atoms with Gasteiger partial charge < -0.3 is 10.2 Å². The summed E-state index contributed by atoms with van der Waals surface area (Å²) in [5, 5.41) is 20.7. The molecule has 6 nitrogen and oxygen atoms in total. The summed E-state index contributed by atoms with van der Waals surface area (Å²) in [6.07, 6.45) is -0.386. The molecule has 0 radical (unpaired) electrons. The van der Waals surface area contributed by atoms with Crippen LogP contribution >= 0.6 is 8.03 Å². The molecule has 3 aromatic carbocycles. The smallest absolute Gasteiger partial charge is 0.477 e. The molecule has 1 aromatic heterocycles. The molecule has 0 saturated heterocycles. The van der Waals surface area contributed by atoms with Crippen LogP contribution in [0.2, 0.25) is 0 Å². The van der Waals surface area contributed by atoms with Crippen molar-refractivity contribution in [2.45, 2.75) is 31.0 Å². The van der Waals surface area contributed by atoms with Gasteiger partial charge in [0.25, 0.3) is 0 Å². The molecule has 4 rings (SSSR count). The first-order chi connectivity index (χ1) is 19.6. The van der Waals surface area contributed by atoms with Crippen LogP contribution in [0.5, 0.6) is 0 Å². The maximum Gasteiger partial charge on any atom is 0.543 e. The number of aliphatic hydroxyl groups is 1. The van der Waals surface area contributed by atoms with Gasteiger partial charge in [0.15, 0.2) is 5.60 Å². The van der Waals surface area contributed by atoms with Gasteiger partial charge in [-0.3, -0.25) is 0 Å². The first-order valence-corrected chi connectivity index (χ1v) is 14.2. The number of rotatable bonds is 9. The molecule has 3 atom stereocenters. The van der Waals surface area contributed by atoms with Gasteiger partial charge in [-0.25, -0.2) is 14.2 Å². The number of aliphatic carboxylic acids is 1. The molecule has 0 saturated carbocycles. The molecule has 0 fully saturated rings. The number of carboxylic acids is 1. The highest BCUT2D eigenvalue weighted by Crippen LogP contribution is 2.53. The molecule has 1 heterocycles. The minimum Gasteiger partial charge on any atom is -0.477 e. The fourth-order valence-electron chi connectivity index (χ4n) is 4.65. The number of aromatic nitrogens is 1. The van der Waals surface area contributed by atoms with E-state index in [4.69, 9.17) is 9.51 Å². The number of halogens is 1. The summed E-state index contributed by atoms with van der Waals surface area (Å²) in [7, 11) is -2.01. The monoisotopic (exact) mass is 570 g/mol. The van der Waals surface area contributed by atoms with Gasteiger partial charge in [-0.15, -0.1) is 4.52 Å². The lowest BCUT2D eigenvalue weighted by atomic mass is 9.77. The topological polar surface area (TPSA) is 96.7 Å². The van der Waals surface area contributed by atoms with Crippen molar-refractivity contribution >= 4 is 14.0 Å². The summed E-state index contributed by atoms with van der Waals surface area (Å²) >= 11 is 0. The Labute approximate surface area is 239 Å². The largest absolute Gasteiger partial charge is 0.543 e. The zero-order valence-electron chi connectivity index (χ0n) is 22.9. The van der Waals surface area contributed by atoms with Crippen molar-refractivity contribution in [2.75, 3.05) is 7.11 Å². The van der Waals surface area contributed by atoms with E-state index in [9.17, 15) is 24.0 Å². The first-order valence-electron chi connectivity index (χ1n) is 13.0. The Bertz CT molecular complexity index is 1600. The maximum absolute atomic E-state index is 13.8. The lowest BCUT2D eigenvalue weighted by Crippen LogP contribution is -2.56. The number of pyridine rings is 1. The van der Waals surface area contributed by atoms with Crippen LogP contribution in [0.1, 0.15) is 25.1 Å². The molecule has 0 spiro atoms. The summed E-state index contributed by atoms with van der Waals surface area (Å²) in [5.41, 5.74) is 0.662. The van der Waals surface area contributed by atoms with Gasteiger partial charge in [-0.05, 0) is 39.8 Å². The molecule has 208 valence electrons. The van der Waals surface area contributed by atoms with Gasteiger partial charge in [0.05, 0.1) is 18.5 Å². The SMILES string of the molecule is CO[P+](=O)C(C#CC(C)C)(C(=O)O)C(O)(Cc1ccc(F)cc1)c1ccc(-c2ccccc2)c(-c2ccccc2)n1. The minimum absolute atomic E-state index is 0.0683. The van der Waals surface area contributed by atoms with Crippen molar-refractivity contribution in [2.24, 2.45) is 5.92 Å². The molecule has 3 unspecified atom stereocenters. The van der Waals surface area contributed by atoms with E-state index in [1.807, 2.05) is 60.7 Å². The molecular formula is C33H30FNO5P+. The van der Waals surface area contributed by atoms with E-state index >= 15 is 0 Å². The van der Waals surface area contributed by atoms with Crippen LogP contribution in [-0.2, 0) is 25.9 Å². The maximum atomic E-state index is 13.8. The third-order valence-electron chi connectivity index (χ3n) is 6.71. The third-order valence-corrected chi connectivity index (χ3v) is 8.27. The molecule has 0 bridgehead atoms. The lowest BCUT2D eigenvalue weighted by Gasteiger charge is -2.33. The lowest BCUT2D eigenvalue weighted by molar-refractivity contribution is -0.146. The summed E-state index contributed by atoms with van der Waals surface area (Å²) < 4.78 is 32.5.